The number of rotatable bonds is 64. The summed E-state index contributed by atoms with van der Waals surface area (Å²) in [4.78, 5) is 13.1. The first kappa shape index (κ1) is 79.9. The van der Waals surface area contributed by atoms with Crippen molar-refractivity contribution in [3.05, 3.63) is 60.8 Å². The van der Waals surface area contributed by atoms with Gasteiger partial charge in [0.05, 0.1) is 25.4 Å². The van der Waals surface area contributed by atoms with Gasteiger partial charge in [-0.05, 0) is 70.6 Å². The molecule has 0 bridgehead atoms. The summed E-state index contributed by atoms with van der Waals surface area (Å²) in [6, 6.07) is -0.825. The second-order valence-corrected chi connectivity index (χ2v) is 25.4. The van der Waals surface area contributed by atoms with Crippen LogP contribution in [0.2, 0.25) is 0 Å². The summed E-state index contributed by atoms with van der Waals surface area (Å²) in [7, 11) is 0. The van der Waals surface area contributed by atoms with Crippen LogP contribution in [-0.4, -0.2) is 87.5 Å². The molecule has 1 aliphatic heterocycles. The van der Waals surface area contributed by atoms with E-state index in [1.54, 1.807) is 6.08 Å². The fourth-order valence-electron chi connectivity index (χ4n) is 11.6. The van der Waals surface area contributed by atoms with E-state index in [2.05, 4.69) is 67.8 Å². The summed E-state index contributed by atoms with van der Waals surface area (Å²) in [5, 5.41) is 54.8. The molecule has 0 saturated carbocycles. The number of amides is 1. The van der Waals surface area contributed by atoms with Crippen molar-refractivity contribution in [1.29, 1.82) is 0 Å². The molecule has 1 aliphatic rings. The quantitative estimate of drug-likeness (QED) is 0.0261. The lowest BCUT2D eigenvalue weighted by molar-refractivity contribution is -0.302. The highest BCUT2D eigenvalue weighted by atomic mass is 16.7. The lowest BCUT2D eigenvalue weighted by Gasteiger charge is -2.40. The highest BCUT2D eigenvalue weighted by Gasteiger charge is 2.44. The van der Waals surface area contributed by atoms with Crippen molar-refractivity contribution >= 4 is 5.91 Å². The Morgan fingerprint density at radius 1 is 0.405 bits per heavy atom. The molecular formula is C75H139NO8. The number of hydrogen-bond donors (Lipinski definition) is 6. The van der Waals surface area contributed by atoms with E-state index in [-0.39, 0.29) is 12.5 Å². The predicted octanol–water partition coefficient (Wildman–Crippen LogP) is 20.1. The molecule has 492 valence electrons. The van der Waals surface area contributed by atoms with Crippen molar-refractivity contribution in [3.8, 4) is 0 Å². The molecule has 1 amide bonds. The Kier molecular flexibility index (Phi) is 60.8. The van der Waals surface area contributed by atoms with Crippen molar-refractivity contribution in [3.63, 3.8) is 0 Å². The standard InChI is InChI=1S/C75H139NO8/c1-3-5-7-9-11-13-15-17-19-21-23-25-27-29-31-33-35-37-39-41-43-45-47-49-51-53-55-57-59-61-63-65-71(79)76-68(67-83-75-74(82)73(81)72(80)70(66-77)84-75)69(78)64-62-60-58-56-54-52-50-48-46-44-42-40-38-36-34-32-30-28-26-24-22-20-18-16-14-12-10-8-6-4-2/h15,17,21,23,27,29,54,56,62,64,68-70,72-75,77-78,80-82H,3-14,16,18-20,22,24-26,28,30-53,55,57-61,63,65-67H2,1-2H3,(H,76,79)/b17-15-,23-21-,29-27-,56-54+,64-62+. The van der Waals surface area contributed by atoms with Gasteiger partial charge in [0, 0.05) is 6.42 Å². The van der Waals surface area contributed by atoms with Crippen LogP contribution in [0.4, 0.5) is 0 Å². The summed E-state index contributed by atoms with van der Waals surface area (Å²) in [5.74, 6) is -0.183. The minimum absolute atomic E-state index is 0.183. The summed E-state index contributed by atoms with van der Waals surface area (Å²) in [6.07, 6.45) is 82.0. The fraction of sp³-hybridized carbons (Fsp3) is 0.853. The molecule has 0 spiro atoms. The normalized spacial score (nSPS) is 18.5. The molecule has 84 heavy (non-hydrogen) atoms. The SMILES string of the molecule is CCCCCCC/C=C\C/C=C\C/C=C\CCCCCCCCCCCCCCCCCCC(=O)NC(COC1OC(CO)C(O)C(O)C1O)C(O)/C=C/CC/C=C/CCCCCCCCCCCCCCCCCCCCCCCCCC. The van der Waals surface area contributed by atoms with Crippen LogP contribution in [-0.2, 0) is 14.3 Å². The topological polar surface area (TPSA) is 149 Å². The molecule has 1 rings (SSSR count). The zero-order valence-corrected chi connectivity index (χ0v) is 55.2. The maximum absolute atomic E-state index is 13.1. The molecular weight excluding hydrogens is 1040 g/mol. The van der Waals surface area contributed by atoms with Crippen LogP contribution >= 0.6 is 0 Å². The lowest BCUT2D eigenvalue weighted by Crippen LogP contribution is -2.60. The number of hydrogen-bond acceptors (Lipinski definition) is 8. The minimum atomic E-state index is -1.57. The van der Waals surface area contributed by atoms with E-state index in [1.807, 2.05) is 6.08 Å². The highest BCUT2D eigenvalue weighted by Crippen LogP contribution is 2.23. The third-order valence-corrected chi connectivity index (χ3v) is 17.3. The van der Waals surface area contributed by atoms with Crippen molar-refractivity contribution in [1.82, 2.24) is 5.32 Å². The summed E-state index contributed by atoms with van der Waals surface area (Å²) < 4.78 is 11.3. The van der Waals surface area contributed by atoms with Gasteiger partial charge in [0.15, 0.2) is 6.29 Å². The van der Waals surface area contributed by atoms with Gasteiger partial charge in [-0.2, -0.15) is 0 Å². The van der Waals surface area contributed by atoms with E-state index >= 15 is 0 Å². The molecule has 0 aromatic carbocycles. The molecule has 1 heterocycles. The van der Waals surface area contributed by atoms with Crippen LogP contribution in [0.25, 0.3) is 0 Å². The zero-order valence-electron chi connectivity index (χ0n) is 55.2. The number of allylic oxidation sites excluding steroid dienone is 9. The van der Waals surface area contributed by atoms with Crippen LogP contribution in [0, 0.1) is 0 Å². The van der Waals surface area contributed by atoms with E-state index < -0.39 is 49.5 Å². The molecule has 7 atom stereocenters. The van der Waals surface area contributed by atoms with Crippen LogP contribution < -0.4 is 5.32 Å². The first-order valence-corrected chi connectivity index (χ1v) is 36.5. The van der Waals surface area contributed by atoms with Crippen LogP contribution in [0.3, 0.4) is 0 Å². The average Bonchev–Trinajstić information content (AvgIpc) is 3.70. The number of ether oxygens (including phenoxy) is 2. The smallest absolute Gasteiger partial charge is 0.220 e. The Hall–Kier alpha value is -2.11. The monoisotopic (exact) mass is 1180 g/mol. The van der Waals surface area contributed by atoms with Crippen LogP contribution in [0.15, 0.2) is 60.8 Å². The second-order valence-electron chi connectivity index (χ2n) is 25.4. The lowest BCUT2D eigenvalue weighted by atomic mass is 9.99. The molecule has 9 nitrogen and oxygen atoms in total. The van der Waals surface area contributed by atoms with Gasteiger partial charge in [-0.1, -0.05) is 338 Å². The largest absolute Gasteiger partial charge is 0.394 e. The molecule has 6 N–H and O–H groups in total. The maximum Gasteiger partial charge on any atom is 0.220 e. The van der Waals surface area contributed by atoms with Gasteiger partial charge in [0.2, 0.25) is 5.91 Å². The summed E-state index contributed by atoms with van der Waals surface area (Å²) in [6.45, 7) is 3.80. The van der Waals surface area contributed by atoms with Gasteiger partial charge >= 0.3 is 0 Å². The van der Waals surface area contributed by atoms with E-state index in [0.29, 0.717) is 6.42 Å². The average molecular weight is 1180 g/mol. The first-order valence-electron chi connectivity index (χ1n) is 36.5. The number of unbranched alkanes of at least 4 members (excludes halogenated alkanes) is 46. The molecule has 1 fully saturated rings. The predicted molar refractivity (Wildman–Crippen MR) is 359 cm³/mol. The number of carbonyl (C=O) groups excluding carboxylic acids is 1. The van der Waals surface area contributed by atoms with Gasteiger partial charge in [-0.3, -0.25) is 4.79 Å². The second kappa shape index (κ2) is 63.9. The number of aliphatic hydroxyl groups is 5. The Labute approximate surface area is 519 Å². The van der Waals surface area contributed by atoms with Crippen molar-refractivity contribution < 1.29 is 39.8 Å². The third-order valence-electron chi connectivity index (χ3n) is 17.3. The molecule has 0 aliphatic carbocycles. The van der Waals surface area contributed by atoms with Gasteiger partial charge in [-0.15, -0.1) is 0 Å². The molecule has 9 heteroatoms. The van der Waals surface area contributed by atoms with E-state index in [1.165, 1.54) is 283 Å². The molecule has 0 aromatic heterocycles. The first-order chi connectivity index (χ1) is 41.3. The molecule has 0 aromatic rings. The Morgan fingerprint density at radius 2 is 0.714 bits per heavy atom. The zero-order chi connectivity index (χ0) is 60.7. The Balaban J connectivity index is 2.13. The van der Waals surface area contributed by atoms with Gasteiger partial charge in [0.25, 0.3) is 0 Å². The van der Waals surface area contributed by atoms with Crippen molar-refractivity contribution in [2.45, 2.75) is 397 Å². The summed E-state index contributed by atoms with van der Waals surface area (Å²) in [5.41, 5.74) is 0. The number of carbonyl (C=O) groups is 1. The highest BCUT2D eigenvalue weighted by molar-refractivity contribution is 5.76. The molecule has 1 saturated heterocycles. The fourth-order valence-corrected chi connectivity index (χ4v) is 11.6. The van der Waals surface area contributed by atoms with Gasteiger partial charge in [0.1, 0.15) is 24.4 Å². The van der Waals surface area contributed by atoms with Crippen molar-refractivity contribution in [2.75, 3.05) is 13.2 Å². The van der Waals surface area contributed by atoms with E-state index in [9.17, 15) is 30.3 Å². The van der Waals surface area contributed by atoms with Gasteiger partial charge < -0.3 is 40.3 Å². The van der Waals surface area contributed by atoms with Crippen LogP contribution in [0.1, 0.15) is 354 Å². The maximum atomic E-state index is 13.1. The third kappa shape index (κ3) is 51.9. The Bertz CT molecular complexity index is 1510. The number of nitrogens with one attached hydrogen (secondary N) is 1. The van der Waals surface area contributed by atoms with E-state index in [0.717, 1.165) is 51.4 Å². The minimum Gasteiger partial charge on any atom is -0.394 e. The Morgan fingerprint density at radius 3 is 1.08 bits per heavy atom. The molecule has 0 radical (unpaired) electrons. The number of aliphatic hydroxyl groups excluding tert-OH is 5. The molecule has 7 unspecified atom stereocenters. The van der Waals surface area contributed by atoms with Crippen molar-refractivity contribution in [2.24, 2.45) is 0 Å². The summed E-state index contributed by atoms with van der Waals surface area (Å²) >= 11 is 0. The van der Waals surface area contributed by atoms with Gasteiger partial charge in [-0.25, -0.2) is 0 Å². The van der Waals surface area contributed by atoms with Crippen LogP contribution in [0.5, 0.6) is 0 Å². The van der Waals surface area contributed by atoms with E-state index in [4.69, 9.17) is 9.47 Å².